The van der Waals surface area contributed by atoms with Crippen LogP contribution in [0.4, 0.5) is 0 Å². The highest BCUT2D eigenvalue weighted by Gasteiger charge is 2.36. The SMILES string of the molecule is COCCC(C)C1(O)CCc2ccccc2C1. The van der Waals surface area contributed by atoms with Gasteiger partial charge < -0.3 is 9.84 Å². The number of aliphatic hydroxyl groups is 1. The minimum Gasteiger partial charge on any atom is -0.389 e. The van der Waals surface area contributed by atoms with Crippen LogP contribution < -0.4 is 0 Å². The highest BCUT2D eigenvalue weighted by molar-refractivity contribution is 5.31. The molecule has 0 saturated heterocycles. The summed E-state index contributed by atoms with van der Waals surface area (Å²) in [5, 5.41) is 10.8. The van der Waals surface area contributed by atoms with E-state index in [-0.39, 0.29) is 5.92 Å². The van der Waals surface area contributed by atoms with E-state index in [2.05, 4.69) is 31.2 Å². The van der Waals surface area contributed by atoms with Crippen molar-refractivity contribution in [3.63, 3.8) is 0 Å². The topological polar surface area (TPSA) is 29.5 Å². The first-order valence-electron chi connectivity index (χ1n) is 6.44. The van der Waals surface area contributed by atoms with E-state index in [1.54, 1.807) is 7.11 Å². The van der Waals surface area contributed by atoms with Crippen molar-refractivity contribution < 1.29 is 9.84 Å². The molecule has 0 saturated carbocycles. The van der Waals surface area contributed by atoms with Crippen molar-refractivity contribution in [2.45, 2.75) is 38.2 Å². The van der Waals surface area contributed by atoms with Crippen molar-refractivity contribution in [2.24, 2.45) is 5.92 Å². The largest absolute Gasteiger partial charge is 0.389 e. The van der Waals surface area contributed by atoms with Crippen LogP contribution in [0.3, 0.4) is 0 Å². The maximum Gasteiger partial charge on any atom is 0.0717 e. The van der Waals surface area contributed by atoms with Gasteiger partial charge in [-0.1, -0.05) is 31.2 Å². The Labute approximate surface area is 104 Å². The Kier molecular flexibility index (Phi) is 3.85. The van der Waals surface area contributed by atoms with Crippen molar-refractivity contribution in [2.75, 3.05) is 13.7 Å². The van der Waals surface area contributed by atoms with Gasteiger partial charge in [-0.05, 0) is 36.3 Å². The van der Waals surface area contributed by atoms with Gasteiger partial charge >= 0.3 is 0 Å². The van der Waals surface area contributed by atoms with Crippen LogP contribution in [-0.4, -0.2) is 24.4 Å². The first-order valence-corrected chi connectivity index (χ1v) is 6.44. The summed E-state index contributed by atoms with van der Waals surface area (Å²) in [7, 11) is 1.72. The van der Waals surface area contributed by atoms with E-state index in [9.17, 15) is 5.11 Å². The van der Waals surface area contributed by atoms with Gasteiger partial charge in [-0.25, -0.2) is 0 Å². The molecular formula is C15H22O2. The highest BCUT2D eigenvalue weighted by Crippen LogP contribution is 2.35. The number of benzene rings is 1. The van der Waals surface area contributed by atoms with Crippen LogP contribution in [0.25, 0.3) is 0 Å². The van der Waals surface area contributed by atoms with E-state index in [0.717, 1.165) is 32.3 Å². The molecule has 1 aromatic rings. The standard InChI is InChI=1S/C15H22O2/c1-12(8-10-17-2)15(16)9-7-13-5-3-4-6-14(13)11-15/h3-6,12,16H,7-11H2,1-2H3. The molecule has 2 unspecified atom stereocenters. The van der Waals surface area contributed by atoms with Gasteiger partial charge in [-0.2, -0.15) is 0 Å². The summed E-state index contributed by atoms with van der Waals surface area (Å²) in [6.07, 6.45) is 3.57. The third kappa shape index (κ3) is 2.70. The second-order valence-corrected chi connectivity index (χ2v) is 5.23. The molecule has 2 nitrogen and oxygen atoms in total. The van der Waals surface area contributed by atoms with Gasteiger partial charge in [0.1, 0.15) is 0 Å². The van der Waals surface area contributed by atoms with Crippen LogP contribution in [0.2, 0.25) is 0 Å². The zero-order chi connectivity index (χ0) is 12.3. The molecule has 0 amide bonds. The van der Waals surface area contributed by atoms with Gasteiger partial charge in [0.05, 0.1) is 5.60 Å². The van der Waals surface area contributed by atoms with Crippen LogP contribution >= 0.6 is 0 Å². The molecule has 0 fully saturated rings. The van der Waals surface area contributed by atoms with Crippen molar-refractivity contribution in [3.8, 4) is 0 Å². The van der Waals surface area contributed by atoms with Gasteiger partial charge in [0, 0.05) is 20.1 Å². The molecule has 0 bridgehead atoms. The number of hydrogen-bond acceptors (Lipinski definition) is 2. The van der Waals surface area contributed by atoms with E-state index in [0.29, 0.717) is 0 Å². The molecule has 1 aliphatic carbocycles. The quantitative estimate of drug-likeness (QED) is 0.867. The second kappa shape index (κ2) is 5.19. The number of ether oxygens (including phenoxy) is 1. The van der Waals surface area contributed by atoms with Crippen LogP contribution in [0.1, 0.15) is 30.9 Å². The van der Waals surface area contributed by atoms with Crippen molar-refractivity contribution in [1.29, 1.82) is 0 Å². The minimum absolute atomic E-state index is 0.288. The molecule has 2 atom stereocenters. The monoisotopic (exact) mass is 234 g/mol. The number of fused-ring (bicyclic) bond motifs is 1. The Bertz CT molecular complexity index is 375. The predicted octanol–water partition coefficient (Wildman–Crippen LogP) is 2.58. The molecule has 0 aliphatic heterocycles. The molecule has 0 radical (unpaired) electrons. The fraction of sp³-hybridized carbons (Fsp3) is 0.600. The fourth-order valence-corrected chi connectivity index (χ4v) is 2.73. The lowest BCUT2D eigenvalue weighted by atomic mass is 9.73. The van der Waals surface area contributed by atoms with Crippen LogP contribution in [-0.2, 0) is 17.6 Å². The third-order valence-corrected chi connectivity index (χ3v) is 4.11. The van der Waals surface area contributed by atoms with Crippen LogP contribution in [0, 0.1) is 5.92 Å². The molecule has 2 heteroatoms. The summed E-state index contributed by atoms with van der Waals surface area (Å²) in [5.41, 5.74) is 2.16. The molecule has 1 aromatic carbocycles. The summed E-state index contributed by atoms with van der Waals surface area (Å²) >= 11 is 0. The fourth-order valence-electron chi connectivity index (χ4n) is 2.73. The number of rotatable bonds is 4. The maximum absolute atomic E-state index is 10.8. The average Bonchev–Trinajstić information content (AvgIpc) is 2.35. The number of methoxy groups -OCH3 is 1. The average molecular weight is 234 g/mol. The van der Waals surface area contributed by atoms with Crippen molar-refractivity contribution >= 4 is 0 Å². The lowest BCUT2D eigenvalue weighted by Gasteiger charge is -2.38. The van der Waals surface area contributed by atoms with Crippen molar-refractivity contribution in [3.05, 3.63) is 35.4 Å². The zero-order valence-electron chi connectivity index (χ0n) is 10.8. The molecule has 2 rings (SSSR count). The van der Waals surface area contributed by atoms with Gasteiger partial charge in [0.15, 0.2) is 0 Å². The molecule has 1 aliphatic rings. The zero-order valence-corrected chi connectivity index (χ0v) is 10.8. The summed E-state index contributed by atoms with van der Waals surface area (Å²) < 4.78 is 5.11. The van der Waals surface area contributed by atoms with E-state index in [4.69, 9.17) is 4.74 Å². The summed E-state index contributed by atoms with van der Waals surface area (Å²) in [4.78, 5) is 0. The number of hydrogen-bond donors (Lipinski definition) is 1. The molecule has 94 valence electrons. The molecule has 0 aromatic heterocycles. The van der Waals surface area contributed by atoms with E-state index < -0.39 is 5.60 Å². The maximum atomic E-state index is 10.8. The van der Waals surface area contributed by atoms with Gasteiger partial charge in [0.2, 0.25) is 0 Å². The van der Waals surface area contributed by atoms with Crippen LogP contribution in [0.15, 0.2) is 24.3 Å². The normalized spacial score (nSPS) is 25.4. The Morgan fingerprint density at radius 3 is 2.76 bits per heavy atom. The lowest BCUT2D eigenvalue weighted by molar-refractivity contribution is -0.0336. The molecule has 17 heavy (non-hydrogen) atoms. The van der Waals surface area contributed by atoms with Crippen LogP contribution in [0.5, 0.6) is 0 Å². The molecule has 0 heterocycles. The highest BCUT2D eigenvalue weighted by atomic mass is 16.5. The Morgan fingerprint density at radius 1 is 1.35 bits per heavy atom. The first kappa shape index (κ1) is 12.6. The number of aryl methyl sites for hydroxylation is 1. The molecule has 1 N–H and O–H groups in total. The summed E-state index contributed by atoms with van der Waals surface area (Å²) in [5.74, 6) is 0.288. The van der Waals surface area contributed by atoms with Crippen molar-refractivity contribution in [1.82, 2.24) is 0 Å². The smallest absolute Gasteiger partial charge is 0.0717 e. The lowest BCUT2D eigenvalue weighted by Crippen LogP contribution is -2.42. The van der Waals surface area contributed by atoms with E-state index in [1.165, 1.54) is 11.1 Å². The molecular weight excluding hydrogens is 212 g/mol. The van der Waals surface area contributed by atoms with Gasteiger partial charge in [-0.15, -0.1) is 0 Å². The van der Waals surface area contributed by atoms with E-state index >= 15 is 0 Å². The van der Waals surface area contributed by atoms with E-state index in [1.807, 2.05) is 0 Å². The summed E-state index contributed by atoms with van der Waals surface area (Å²) in [6.45, 7) is 2.86. The Balaban J connectivity index is 2.09. The third-order valence-electron chi connectivity index (χ3n) is 4.11. The second-order valence-electron chi connectivity index (χ2n) is 5.23. The van der Waals surface area contributed by atoms with Gasteiger partial charge in [0.25, 0.3) is 0 Å². The summed E-state index contributed by atoms with van der Waals surface area (Å²) in [6, 6.07) is 8.46. The molecule has 0 spiro atoms. The predicted molar refractivity (Wildman–Crippen MR) is 69.1 cm³/mol. The minimum atomic E-state index is -0.549. The van der Waals surface area contributed by atoms with Gasteiger partial charge in [-0.3, -0.25) is 0 Å². The Morgan fingerprint density at radius 2 is 2.06 bits per heavy atom. The first-order chi connectivity index (χ1) is 8.15. The Hall–Kier alpha value is -0.860.